The molecule has 0 amide bonds. The number of aromatic nitrogens is 2. The molecule has 19 heavy (non-hydrogen) atoms. The molecule has 0 unspecified atom stereocenters. The number of nitrogens with zero attached hydrogens (tertiary/aromatic N) is 2. The number of halogens is 2. The maximum atomic E-state index is 13.4. The number of aryl methyl sites for hydroxylation is 2. The second-order valence-corrected chi connectivity index (χ2v) is 4.68. The van der Waals surface area contributed by atoms with Crippen LogP contribution in [0.1, 0.15) is 32.0 Å². The number of nitrogens with two attached hydrogens (primary N) is 1. The lowest BCUT2D eigenvalue weighted by molar-refractivity contribution is 0.510. The van der Waals surface area contributed by atoms with Crippen molar-refractivity contribution in [3.63, 3.8) is 0 Å². The molecule has 0 spiro atoms. The van der Waals surface area contributed by atoms with Crippen LogP contribution in [0.5, 0.6) is 0 Å². The third kappa shape index (κ3) is 2.92. The summed E-state index contributed by atoms with van der Waals surface area (Å²) in [5, 5.41) is 0. The molecule has 0 saturated heterocycles. The van der Waals surface area contributed by atoms with Crippen molar-refractivity contribution in [1.82, 2.24) is 9.55 Å². The van der Waals surface area contributed by atoms with Crippen molar-refractivity contribution in [2.24, 2.45) is 5.73 Å². The first-order chi connectivity index (χ1) is 9.17. The van der Waals surface area contributed by atoms with E-state index in [1.54, 1.807) is 0 Å². The molecule has 0 fully saturated rings. The Morgan fingerprint density at radius 1 is 1.21 bits per heavy atom. The van der Waals surface area contributed by atoms with Gasteiger partial charge in [-0.3, -0.25) is 0 Å². The highest BCUT2D eigenvalue weighted by Crippen LogP contribution is 2.21. The molecule has 0 radical (unpaired) electrons. The molecule has 3 nitrogen and oxygen atoms in total. The monoisotopic (exact) mass is 267 g/mol. The second-order valence-electron chi connectivity index (χ2n) is 4.68. The number of imidazole rings is 1. The Bertz CT molecular complexity index is 563. The lowest BCUT2D eigenvalue weighted by atomic mass is 10.2. The van der Waals surface area contributed by atoms with Gasteiger partial charge in [0.1, 0.15) is 5.82 Å². The van der Waals surface area contributed by atoms with Gasteiger partial charge >= 0.3 is 0 Å². The second kappa shape index (κ2) is 6.10. The molecule has 2 aromatic rings. The SMILES string of the molecule is CCCc1nc2cc(F)c(F)cc2n1CCCCN. The summed E-state index contributed by atoms with van der Waals surface area (Å²) in [6.45, 7) is 3.44. The van der Waals surface area contributed by atoms with Crippen LogP contribution in [-0.2, 0) is 13.0 Å². The summed E-state index contributed by atoms with van der Waals surface area (Å²) in [5.74, 6) is -0.780. The highest BCUT2D eigenvalue weighted by atomic mass is 19.2. The Morgan fingerprint density at radius 2 is 1.95 bits per heavy atom. The van der Waals surface area contributed by atoms with Gasteiger partial charge in [0.05, 0.1) is 11.0 Å². The minimum atomic E-state index is -0.845. The van der Waals surface area contributed by atoms with Crippen LogP contribution in [0.25, 0.3) is 11.0 Å². The molecule has 0 aliphatic heterocycles. The highest BCUT2D eigenvalue weighted by Gasteiger charge is 2.13. The van der Waals surface area contributed by atoms with Crippen LogP contribution in [0.2, 0.25) is 0 Å². The molecule has 5 heteroatoms. The van der Waals surface area contributed by atoms with Gasteiger partial charge in [-0.05, 0) is 25.8 Å². The molecule has 2 N–H and O–H groups in total. The zero-order chi connectivity index (χ0) is 13.8. The van der Waals surface area contributed by atoms with Gasteiger partial charge < -0.3 is 10.3 Å². The standard InChI is InChI=1S/C14H19F2N3/c1-2-5-14-18-12-8-10(15)11(16)9-13(12)19(14)7-4-3-6-17/h8-9H,2-7,17H2,1H3. The van der Waals surface area contributed by atoms with E-state index in [2.05, 4.69) is 11.9 Å². The number of fused-ring (bicyclic) bond motifs is 1. The van der Waals surface area contributed by atoms with Crippen LogP contribution in [0, 0.1) is 11.6 Å². The van der Waals surface area contributed by atoms with Crippen LogP contribution in [0.4, 0.5) is 8.78 Å². The van der Waals surface area contributed by atoms with Crippen molar-refractivity contribution < 1.29 is 8.78 Å². The molecule has 2 rings (SSSR count). The summed E-state index contributed by atoms with van der Waals surface area (Å²) < 4.78 is 28.6. The van der Waals surface area contributed by atoms with Gasteiger partial charge in [0, 0.05) is 25.1 Å². The van der Waals surface area contributed by atoms with Crippen LogP contribution < -0.4 is 5.73 Å². The highest BCUT2D eigenvalue weighted by molar-refractivity contribution is 5.76. The van der Waals surface area contributed by atoms with Gasteiger partial charge in [-0.15, -0.1) is 0 Å². The molecule has 0 bridgehead atoms. The number of unbranched alkanes of at least 4 members (excludes halogenated alkanes) is 1. The molecule has 104 valence electrons. The minimum Gasteiger partial charge on any atom is -0.330 e. The third-order valence-electron chi connectivity index (χ3n) is 3.18. The van der Waals surface area contributed by atoms with Crippen molar-refractivity contribution >= 4 is 11.0 Å². The van der Waals surface area contributed by atoms with Crippen LogP contribution in [0.3, 0.4) is 0 Å². The van der Waals surface area contributed by atoms with Gasteiger partial charge in [0.25, 0.3) is 0 Å². The van der Waals surface area contributed by atoms with E-state index >= 15 is 0 Å². The van der Waals surface area contributed by atoms with E-state index in [4.69, 9.17) is 5.73 Å². The van der Waals surface area contributed by atoms with Crippen molar-refractivity contribution in [2.75, 3.05) is 6.54 Å². The first kappa shape index (κ1) is 13.9. The van der Waals surface area contributed by atoms with E-state index < -0.39 is 11.6 Å². The number of hydrogen-bond acceptors (Lipinski definition) is 2. The molecule has 1 heterocycles. The van der Waals surface area contributed by atoms with Crippen LogP contribution in [0.15, 0.2) is 12.1 Å². The summed E-state index contributed by atoms with van der Waals surface area (Å²) in [7, 11) is 0. The molecule has 0 aliphatic rings. The number of benzene rings is 1. The molecule has 0 aliphatic carbocycles. The summed E-state index contributed by atoms with van der Waals surface area (Å²) >= 11 is 0. The first-order valence-corrected chi connectivity index (χ1v) is 6.71. The normalized spacial score (nSPS) is 11.4. The van der Waals surface area contributed by atoms with Crippen LogP contribution in [-0.4, -0.2) is 16.1 Å². The van der Waals surface area contributed by atoms with E-state index in [9.17, 15) is 8.78 Å². The van der Waals surface area contributed by atoms with E-state index in [-0.39, 0.29) is 0 Å². The van der Waals surface area contributed by atoms with Gasteiger partial charge in [-0.1, -0.05) is 6.92 Å². The summed E-state index contributed by atoms with van der Waals surface area (Å²) in [6.07, 6.45) is 3.58. The predicted molar refractivity (Wildman–Crippen MR) is 71.9 cm³/mol. The summed E-state index contributed by atoms with van der Waals surface area (Å²) in [6, 6.07) is 2.41. The lowest BCUT2D eigenvalue weighted by Gasteiger charge is -2.08. The van der Waals surface area contributed by atoms with E-state index in [1.165, 1.54) is 12.1 Å². The summed E-state index contributed by atoms with van der Waals surface area (Å²) in [5.41, 5.74) is 6.68. The topological polar surface area (TPSA) is 43.8 Å². The third-order valence-corrected chi connectivity index (χ3v) is 3.18. The van der Waals surface area contributed by atoms with Crippen molar-refractivity contribution in [2.45, 2.75) is 39.2 Å². The fourth-order valence-corrected chi connectivity index (χ4v) is 2.25. The summed E-state index contributed by atoms with van der Waals surface area (Å²) in [4.78, 5) is 4.41. The zero-order valence-electron chi connectivity index (χ0n) is 11.1. The Balaban J connectivity index is 2.43. The predicted octanol–water partition coefficient (Wildman–Crippen LogP) is 3.01. The Labute approximate surface area is 111 Å². The smallest absolute Gasteiger partial charge is 0.161 e. The number of hydrogen-bond donors (Lipinski definition) is 1. The van der Waals surface area contributed by atoms with E-state index in [1.807, 2.05) is 4.57 Å². The van der Waals surface area contributed by atoms with Gasteiger partial charge in [0.2, 0.25) is 0 Å². The number of rotatable bonds is 6. The fourth-order valence-electron chi connectivity index (χ4n) is 2.25. The van der Waals surface area contributed by atoms with Crippen molar-refractivity contribution in [3.8, 4) is 0 Å². The molecule has 0 saturated carbocycles. The van der Waals surface area contributed by atoms with Crippen molar-refractivity contribution in [3.05, 3.63) is 29.6 Å². The van der Waals surface area contributed by atoms with Gasteiger partial charge in [0.15, 0.2) is 11.6 Å². The van der Waals surface area contributed by atoms with E-state index in [0.717, 1.165) is 38.1 Å². The first-order valence-electron chi connectivity index (χ1n) is 6.71. The lowest BCUT2D eigenvalue weighted by Crippen LogP contribution is -2.06. The van der Waals surface area contributed by atoms with Gasteiger partial charge in [-0.2, -0.15) is 0 Å². The fraction of sp³-hybridized carbons (Fsp3) is 0.500. The molecular weight excluding hydrogens is 248 g/mol. The zero-order valence-corrected chi connectivity index (χ0v) is 11.1. The maximum absolute atomic E-state index is 13.4. The molecule has 0 atom stereocenters. The Kier molecular flexibility index (Phi) is 4.47. The van der Waals surface area contributed by atoms with Gasteiger partial charge in [-0.25, -0.2) is 13.8 Å². The average Bonchev–Trinajstić information content (AvgIpc) is 2.69. The minimum absolute atomic E-state index is 0.523. The van der Waals surface area contributed by atoms with E-state index in [0.29, 0.717) is 17.6 Å². The molecule has 1 aromatic heterocycles. The van der Waals surface area contributed by atoms with Crippen LogP contribution >= 0.6 is 0 Å². The average molecular weight is 267 g/mol. The maximum Gasteiger partial charge on any atom is 0.161 e. The quantitative estimate of drug-likeness (QED) is 0.818. The van der Waals surface area contributed by atoms with Crippen molar-refractivity contribution in [1.29, 1.82) is 0 Å². The molecular formula is C14H19F2N3. The Morgan fingerprint density at radius 3 is 2.63 bits per heavy atom. The Hall–Kier alpha value is -1.49. The molecule has 1 aromatic carbocycles. The largest absolute Gasteiger partial charge is 0.330 e.